The number of carbonyl (C=O) groups excluding carboxylic acids is 2. The van der Waals surface area contributed by atoms with E-state index < -0.39 is 18.6 Å². The Morgan fingerprint density at radius 3 is 2.80 bits per heavy atom. The number of carboxylic acids is 1. The number of aryl methyl sites for hydroxylation is 1. The fourth-order valence-corrected chi connectivity index (χ4v) is 3.89. The molecule has 0 spiro atoms. The molecule has 3 N–H and O–H groups in total. The monoisotopic (exact) mass is 430 g/mol. The summed E-state index contributed by atoms with van der Waals surface area (Å²) in [5, 5.41) is 17.7. The van der Waals surface area contributed by atoms with Crippen LogP contribution in [0.25, 0.3) is 0 Å². The molecule has 2 amide bonds. The molecule has 0 saturated heterocycles. The van der Waals surface area contributed by atoms with E-state index in [9.17, 15) is 14.4 Å². The number of nitrogens with one attached hydrogen (secondary N) is 2. The molecule has 0 radical (unpaired) electrons. The smallest absolute Gasteiger partial charge is 0.344 e. The van der Waals surface area contributed by atoms with Gasteiger partial charge in [-0.3, -0.25) is 10.1 Å². The number of amides is 2. The Morgan fingerprint density at radius 1 is 1.30 bits per heavy atom. The number of oxime groups is 1. The number of urea groups is 1. The summed E-state index contributed by atoms with van der Waals surface area (Å²) in [6.45, 7) is 1.37. The molecule has 0 aliphatic heterocycles. The minimum atomic E-state index is -1.13. The van der Waals surface area contributed by atoms with E-state index in [4.69, 9.17) is 5.11 Å². The van der Waals surface area contributed by atoms with Crippen LogP contribution in [-0.2, 0) is 9.63 Å². The van der Waals surface area contributed by atoms with Crippen molar-refractivity contribution in [3.8, 4) is 0 Å². The van der Waals surface area contributed by atoms with E-state index in [1.807, 2.05) is 19.1 Å². The van der Waals surface area contributed by atoms with Crippen molar-refractivity contribution in [1.29, 1.82) is 0 Å². The summed E-state index contributed by atoms with van der Waals surface area (Å²) in [5.74, 6) is -1.04. The number of ketones is 1. The van der Waals surface area contributed by atoms with E-state index in [-0.39, 0.29) is 11.7 Å². The highest BCUT2D eigenvalue weighted by Crippen LogP contribution is 2.31. The second-order valence-corrected chi connectivity index (χ2v) is 8.01. The Kier molecular flexibility index (Phi) is 7.12. The second-order valence-electron chi connectivity index (χ2n) is 6.94. The molecule has 9 nitrogen and oxygen atoms in total. The Labute approximate surface area is 177 Å². The van der Waals surface area contributed by atoms with Crippen LogP contribution < -0.4 is 10.6 Å². The van der Waals surface area contributed by atoms with Crippen molar-refractivity contribution in [3.05, 3.63) is 40.4 Å². The minimum Gasteiger partial charge on any atom is -0.479 e. The zero-order valence-electron chi connectivity index (χ0n) is 16.4. The van der Waals surface area contributed by atoms with Gasteiger partial charge in [-0.1, -0.05) is 41.0 Å². The summed E-state index contributed by atoms with van der Waals surface area (Å²) >= 11 is 1.14. The summed E-state index contributed by atoms with van der Waals surface area (Å²) in [5.41, 5.74) is 1.95. The number of nitrogens with zero attached hydrogens (tertiary/aromatic N) is 2. The molecule has 1 heterocycles. The van der Waals surface area contributed by atoms with E-state index >= 15 is 0 Å². The molecule has 0 atom stereocenters. The Balaban J connectivity index is 1.62. The number of benzene rings is 1. The molecule has 10 heteroatoms. The van der Waals surface area contributed by atoms with E-state index in [0.717, 1.165) is 42.6 Å². The minimum absolute atomic E-state index is 0.0135. The van der Waals surface area contributed by atoms with Gasteiger partial charge in [-0.25, -0.2) is 14.6 Å². The molecule has 1 aromatic carbocycles. The van der Waals surface area contributed by atoms with Gasteiger partial charge in [0, 0.05) is 17.7 Å². The van der Waals surface area contributed by atoms with Crippen molar-refractivity contribution in [2.75, 3.05) is 17.2 Å². The first kappa shape index (κ1) is 21.4. The molecule has 0 bridgehead atoms. The van der Waals surface area contributed by atoms with Gasteiger partial charge in [-0.15, -0.1) is 0 Å². The van der Waals surface area contributed by atoms with Gasteiger partial charge in [0.25, 0.3) is 0 Å². The quantitative estimate of drug-likeness (QED) is 0.331. The predicted molar refractivity (Wildman–Crippen MR) is 113 cm³/mol. The van der Waals surface area contributed by atoms with Gasteiger partial charge in [-0.05, 0) is 31.9 Å². The molecule has 1 saturated carbocycles. The van der Waals surface area contributed by atoms with Crippen molar-refractivity contribution in [1.82, 2.24) is 4.98 Å². The van der Waals surface area contributed by atoms with Crippen LogP contribution in [0.5, 0.6) is 0 Å². The van der Waals surface area contributed by atoms with Crippen molar-refractivity contribution in [3.63, 3.8) is 0 Å². The van der Waals surface area contributed by atoms with E-state index in [0.29, 0.717) is 21.3 Å². The zero-order chi connectivity index (χ0) is 21.5. The van der Waals surface area contributed by atoms with Gasteiger partial charge in [0.05, 0.1) is 16.8 Å². The third-order valence-electron chi connectivity index (χ3n) is 4.60. The van der Waals surface area contributed by atoms with Crippen LogP contribution in [0.2, 0.25) is 0 Å². The molecule has 1 aliphatic carbocycles. The summed E-state index contributed by atoms with van der Waals surface area (Å²) in [4.78, 5) is 44.9. The lowest BCUT2D eigenvalue weighted by atomic mass is 9.94. The van der Waals surface area contributed by atoms with Gasteiger partial charge >= 0.3 is 12.0 Å². The number of aromatic nitrogens is 1. The molecule has 2 aromatic rings. The predicted octanol–water partition coefficient (Wildman–Crippen LogP) is 3.90. The first-order chi connectivity index (χ1) is 14.4. The summed E-state index contributed by atoms with van der Waals surface area (Å²) in [7, 11) is 0. The SMILES string of the molecule is Cc1ccc(NC(=O)Nc2ncc(/C=N/OCC(=O)O)s2)c(C(=O)C2CCCC2)c1. The first-order valence-electron chi connectivity index (χ1n) is 9.48. The molecule has 3 rings (SSSR count). The fraction of sp³-hybridized carbons (Fsp3) is 0.350. The molecule has 1 fully saturated rings. The maximum Gasteiger partial charge on any atom is 0.344 e. The third kappa shape index (κ3) is 5.86. The van der Waals surface area contributed by atoms with E-state index in [1.165, 1.54) is 12.4 Å². The van der Waals surface area contributed by atoms with Crippen molar-refractivity contribution in [2.24, 2.45) is 11.1 Å². The number of anilines is 2. The third-order valence-corrected chi connectivity index (χ3v) is 5.45. The number of thiazole rings is 1. The number of carboxylic acid groups (broad SMARTS) is 1. The van der Waals surface area contributed by atoms with Gasteiger partial charge in [0.15, 0.2) is 10.9 Å². The number of hydrogen-bond donors (Lipinski definition) is 3. The standard InChI is InChI=1S/C20H22N4O5S/c1-12-6-7-16(15(8-12)18(27)13-4-2-3-5-13)23-19(28)24-20-21-9-14(30-20)10-22-29-11-17(25)26/h6-10,13H,2-5,11H2,1H3,(H,25,26)(H2,21,23,24,28)/b22-10+. The molecule has 0 unspecified atom stereocenters. The van der Waals surface area contributed by atoms with Crippen LogP contribution in [0.4, 0.5) is 15.6 Å². The van der Waals surface area contributed by atoms with Crippen molar-refractivity contribution < 1.29 is 24.3 Å². The number of carbonyl (C=O) groups is 3. The highest BCUT2D eigenvalue weighted by Gasteiger charge is 2.26. The number of rotatable bonds is 8. The Morgan fingerprint density at radius 2 is 2.07 bits per heavy atom. The molecule has 158 valence electrons. The van der Waals surface area contributed by atoms with E-state index in [2.05, 4.69) is 25.6 Å². The summed E-state index contributed by atoms with van der Waals surface area (Å²) in [6, 6.07) is 4.87. The topological polar surface area (TPSA) is 130 Å². The van der Waals surface area contributed by atoms with Gasteiger partial charge in [0.1, 0.15) is 0 Å². The fourth-order valence-electron chi connectivity index (χ4n) is 3.22. The van der Waals surface area contributed by atoms with Crippen molar-refractivity contribution in [2.45, 2.75) is 32.6 Å². The highest BCUT2D eigenvalue weighted by molar-refractivity contribution is 7.17. The van der Waals surface area contributed by atoms with Crippen LogP contribution in [0.3, 0.4) is 0 Å². The first-order valence-corrected chi connectivity index (χ1v) is 10.3. The number of hydrogen-bond acceptors (Lipinski definition) is 7. The van der Waals surface area contributed by atoms with Gasteiger partial charge in [-0.2, -0.15) is 0 Å². The average molecular weight is 430 g/mol. The highest BCUT2D eigenvalue weighted by atomic mass is 32.1. The van der Waals surface area contributed by atoms with Crippen molar-refractivity contribution >= 4 is 46.2 Å². The van der Waals surface area contributed by atoms with Crippen LogP contribution in [0, 0.1) is 12.8 Å². The Hall–Kier alpha value is -3.27. The van der Waals surface area contributed by atoms with Gasteiger partial charge in [0.2, 0.25) is 6.61 Å². The lowest BCUT2D eigenvalue weighted by molar-refractivity contribution is -0.142. The van der Waals surface area contributed by atoms with Gasteiger partial charge < -0.3 is 15.3 Å². The normalized spacial score (nSPS) is 14.0. The van der Waals surface area contributed by atoms with Crippen LogP contribution >= 0.6 is 11.3 Å². The van der Waals surface area contributed by atoms with Crippen LogP contribution in [0.15, 0.2) is 29.6 Å². The average Bonchev–Trinajstić information content (AvgIpc) is 3.38. The summed E-state index contributed by atoms with van der Waals surface area (Å²) in [6.07, 6.45) is 6.66. The maximum atomic E-state index is 12.9. The molecule has 30 heavy (non-hydrogen) atoms. The molecular weight excluding hydrogens is 408 g/mol. The van der Waals surface area contributed by atoms with Crippen LogP contribution in [-0.4, -0.2) is 40.7 Å². The number of aliphatic carboxylic acids is 1. The summed E-state index contributed by atoms with van der Waals surface area (Å²) < 4.78 is 0. The maximum absolute atomic E-state index is 12.9. The molecule has 1 aromatic heterocycles. The lowest BCUT2D eigenvalue weighted by Gasteiger charge is -2.14. The van der Waals surface area contributed by atoms with E-state index in [1.54, 1.807) is 6.07 Å². The number of Topliss-reactive ketones (excluding diaryl/α,β-unsaturated/α-hetero) is 1. The molecular formula is C20H22N4O5S. The lowest BCUT2D eigenvalue weighted by Crippen LogP contribution is -2.22. The Bertz CT molecular complexity index is 966. The van der Waals surface area contributed by atoms with Crippen LogP contribution in [0.1, 0.15) is 46.5 Å². The largest absolute Gasteiger partial charge is 0.479 e. The second kappa shape index (κ2) is 9.97. The zero-order valence-corrected chi connectivity index (χ0v) is 17.2. The molecule has 1 aliphatic rings.